The zero-order chi connectivity index (χ0) is 22.4. The van der Waals surface area contributed by atoms with E-state index in [4.69, 9.17) is 4.74 Å². The van der Waals surface area contributed by atoms with Crippen molar-refractivity contribution in [1.82, 2.24) is 9.88 Å². The van der Waals surface area contributed by atoms with Gasteiger partial charge in [-0.25, -0.2) is 5.21 Å². The number of fused-ring (bicyclic) bond motifs is 8. The number of pyridine rings is 1. The summed E-state index contributed by atoms with van der Waals surface area (Å²) < 4.78 is 6.95. The molecule has 0 radical (unpaired) electrons. The van der Waals surface area contributed by atoms with Crippen molar-refractivity contribution in [3.05, 3.63) is 63.2 Å². The molecule has 170 valence electrons. The average molecular weight is 441 g/mol. The van der Waals surface area contributed by atoms with E-state index in [1.807, 2.05) is 22.8 Å². The van der Waals surface area contributed by atoms with Gasteiger partial charge in [-0.2, -0.15) is 5.23 Å². The van der Waals surface area contributed by atoms with Crippen LogP contribution in [0.15, 0.2) is 41.2 Å². The molecule has 3 N–H and O–H groups in total. The van der Waals surface area contributed by atoms with E-state index >= 15 is 0 Å². The molecule has 9 heteroatoms. The number of piperidine rings is 1. The molecule has 0 aliphatic carbocycles. The predicted molar refractivity (Wildman–Crippen MR) is 117 cm³/mol. The lowest BCUT2D eigenvalue weighted by atomic mass is 9.70. The summed E-state index contributed by atoms with van der Waals surface area (Å²) in [6.07, 6.45) is 1.42. The van der Waals surface area contributed by atoms with Crippen molar-refractivity contribution in [1.29, 1.82) is 0 Å². The van der Waals surface area contributed by atoms with E-state index in [1.54, 1.807) is 25.3 Å². The Morgan fingerprint density at radius 3 is 2.94 bits per heavy atom. The summed E-state index contributed by atoms with van der Waals surface area (Å²) in [4.78, 5) is 28.1. The molecule has 2 aromatic rings. The van der Waals surface area contributed by atoms with Crippen LogP contribution in [0.4, 0.5) is 11.4 Å². The monoisotopic (exact) mass is 440 g/mol. The number of ether oxygens (including phenoxy) is 1. The highest BCUT2D eigenvalue weighted by Crippen LogP contribution is 2.47. The molecule has 1 amide bonds. The molecule has 5 rings (SSSR count). The number of anilines is 1. The highest BCUT2D eigenvalue weighted by Gasteiger charge is 2.49. The third-order valence-electron chi connectivity index (χ3n) is 7.20. The third-order valence-corrected chi connectivity index (χ3v) is 7.20. The van der Waals surface area contributed by atoms with Crippen molar-refractivity contribution in [2.45, 2.75) is 31.3 Å². The zero-order valence-corrected chi connectivity index (χ0v) is 18.0. The van der Waals surface area contributed by atoms with Gasteiger partial charge in [0.2, 0.25) is 5.91 Å². The number of amides is 1. The van der Waals surface area contributed by atoms with Crippen molar-refractivity contribution in [3.63, 3.8) is 0 Å². The fourth-order valence-corrected chi connectivity index (χ4v) is 5.89. The number of carbonyl (C=O) groups is 1. The van der Waals surface area contributed by atoms with Crippen LogP contribution in [-0.2, 0) is 22.5 Å². The van der Waals surface area contributed by atoms with Crippen molar-refractivity contribution in [2.24, 2.45) is 11.8 Å². The summed E-state index contributed by atoms with van der Waals surface area (Å²) >= 11 is 0. The molecule has 0 saturated carbocycles. The average Bonchev–Trinajstić information content (AvgIpc) is 2.79. The van der Waals surface area contributed by atoms with E-state index in [0.717, 1.165) is 23.4 Å². The van der Waals surface area contributed by atoms with E-state index in [-0.39, 0.29) is 40.9 Å². The first-order valence-corrected chi connectivity index (χ1v) is 11.1. The second-order valence-corrected chi connectivity index (χ2v) is 8.98. The number of methoxy groups -OCH3 is 1. The Labute approximate surface area is 185 Å². The second kappa shape index (κ2) is 8.32. The van der Waals surface area contributed by atoms with Crippen molar-refractivity contribution >= 4 is 17.3 Å². The van der Waals surface area contributed by atoms with E-state index in [0.29, 0.717) is 32.7 Å². The molecule has 0 spiro atoms. The van der Waals surface area contributed by atoms with Gasteiger partial charge in [-0.1, -0.05) is 6.07 Å². The smallest absolute Gasteiger partial charge is 0.250 e. The quantitative estimate of drug-likeness (QED) is 0.452. The van der Waals surface area contributed by atoms with E-state index in [2.05, 4.69) is 10.2 Å². The van der Waals surface area contributed by atoms with Gasteiger partial charge in [-0.3, -0.25) is 9.59 Å². The third kappa shape index (κ3) is 3.51. The number of nitrogens with zero attached hydrogens (tertiary/aromatic N) is 2. The minimum Gasteiger partial charge on any atom is -0.595 e. The summed E-state index contributed by atoms with van der Waals surface area (Å²) in [5.41, 5.74) is 3.17. The van der Waals surface area contributed by atoms with E-state index < -0.39 is 5.23 Å². The summed E-state index contributed by atoms with van der Waals surface area (Å²) in [6.45, 7) is 2.15. The van der Waals surface area contributed by atoms with Crippen molar-refractivity contribution in [2.75, 3.05) is 31.7 Å². The van der Waals surface area contributed by atoms with E-state index in [9.17, 15) is 20.0 Å². The van der Waals surface area contributed by atoms with Crippen LogP contribution in [0, 0.1) is 17.0 Å². The number of nitrogens with one attached hydrogen (secondary N) is 2. The maximum absolute atomic E-state index is 13.3. The van der Waals surface area contributed by atoms with Gasteiger partial charge in [-0.15, -0.1) is 0 Å². The standard InChI is InChI=1S/C23H28N4O5/c1-32-8-7-24-23(29)18-11-14-10-17(27(30)31)5-6-20(14)26-12-15-9-16(22(18)26)13-25-19(15)3-2-4-21(25)28/h2-6,10,15-16,18,22,27,30H,7-9,11-13H2,1H3,(H,24,29). The molecular weight excluding hydrogens is 412 g/mol. The lowest BCUT2D eigenvalue weighted by Crippen LogP contribution is -2.99. The first kappa shape index (κ1) is 21.1. The van der Waals surface area contributed by atoms with Gasteiger partial charge in [0.25, 0.3) is 5.56 Å². The van der Waals surface area contributed by atoms with Crippen LogP contribution in [0.2, 0.25) is 0 Å². The number of aromatic nitrogens is 1. The summed E-state index contributed by atoms with van der Waals surface area (Å²) in [6, 6.07) is 10.6. The molecule has 3 aliphatic rings. The summed E-state index contributed by atoms with van der Waals surface area (Å²) in [7, 11) is 1.59. The van der Waals surface area contributed by atoms with Crippen LogP contribution in [0.25, 0.3) is 0 Å². The topological polar surface area (TPSA) is 111 Å². The first-order valence-electron chi connectivity index (χ1n) is 11.1. The van der Waals surface area contributed by atoms with Gasteiger partial charge in [0.1, 0.15) is 0 Å². The molecule has 1 aromatic carbocycles. The normalized spacial score (nSPS) is 26.5. The SMILES string of the molecule is COCCNC(=O)C1Cc2cc([NH+]([O-])O)ccc2N2CC3CC(Cn4c3cccc4=O)C12. The maximum atomic E-state index is 13.3. The molecule has 5 unspecified atom stereocenters. The van der Waals surface area contributed by atoms with Crippen LogP contribution in [0.3, 0.4) is 0 Å². The fourth-order valence-electron chi connectivity index (χ4n) is 5.89. The number of rotatable bonds is 5. The Bertz CT molecular complexity index is 1080. The Hall–Kier alpha value is -2.72. The highest BCUT2D eigenvalue weighted by molar-refractivity contribution is 5.82. The van der Waals surface area contributed by atoms with Crippen molar-refractivity contribution in [3.8, 4) is 0 Å². The van der Waals surface area contributed by atoms with Crippen LogP contribution in [0.5, 0.6) is 0 Å². The van der Waals surface area contributed by atoms with Gasteiger partial charge in [0.15, 0.2) is 5.69 Å². The molecule has 1 saturated heterocycles. The maximum Gasteiger partial charge on any atom is 0.250 e. The Morgan fingerprint density at radius 1 is 1.31 bits per heavy atom. The van der Waals surface area contributed by atoms with E-state index in [1.165, 1.54) is 0 Å². The summed E-state index contributed by atoms with van der Waals surface area (Å²) in [5, 5.41) is 23.0. The molecule has 4 heterocycles. The molecule has 3 aliphatic heterocycles. The van der Waals surface area contributed by atoms with Crippen LogP contribution in [-0.4, -0.2) is 48.5 Å². The van der Waals surface area contributed by atoms with Gasteiger partial charge in [0.05, 0.1) is 12.5 Å². The zero-order valence-electron chi connectivity index (χ0n) is 18.0. The Morgan fingerprint density at radius 2 is 2.16 bits per heavy atom. The molecule has 5 atom stereocenters. The van der Waals surface area contributed by atoms with Crippen LogP contribution >= 0.6 is 0 Å². The Balaban J connectivity index is 1.55. The lowest BCUT2D eigenvalue weighted by Gasteiger charge is -2.54. The lowest BCUT2D eigenvalue weighted by molar-refractivity contribution is -0.991. The number of carbonyl (C=O) groups excluding carboxylic acids is 1. The van der Waals surface area contributed by atoms with Crippen LogP contribution < -0.4 is 21.0 Å². The fraction of sp³-hybridized carbons (Fsp3) is 0.478. The number of hydrogen-bond acceptors (Lipinski definition) is 6. The van der Waals surface area contributed by atoms with Crippen molar-refractivity contribution < 1.29 is 20.0 Å². The molecule has 1 aromatic heterocycles. The molecule has 32 heavy (non-hydrogen) atoms. The molecule has 2 bridgehead atoms. The largest absolute Gasteiger partial charge is 0.595 e. The Kier molecular flexibility index (Phi) is 5.50. The minimum absolute atomic E-state index is 0.00838. The predicted octanol–water partition coefficient (Wildman–Crippen LogP) is 0.179. The molecular formula is C23H28N4O5. The number of hydrogen-bond donors (Lipinski definition) is 3. The van der Waals surface area contributed by atoms with Gasteiger partial charge in [-0.05, 0) is 36.5 Å². The molecule has 9 nitrogen and oxygen atoms in total. The summed E-state index contributed by atoms with van der Waals surface area (Å²) in [5.74, 6) is -0.0172. The number of quaternary nitrogens is 1. The van der Waals surface area contributed by atoms with Gasteiger partial charge < -0.3 is 24.7 Å². The first-order chi connectivity index (χ1) is 15.5. The molecule has 1 fully saturated rings. The number of benzene rings is 1. The van der Waals surface area contributed by atoms with Gasteiger partial charge in [0, 0.05) is 68.3 Å². The van der Waals surface area contributed by atoms with Gasteiger partial charge >= 0.3 is 0 Å². The second-order valence-electron chi connectivity index (χ2n) is 8.98. The minimum atomic E-state index is -0.972. The van der Waals surface area contributed by atoms with Crippen LogP contribution in [0.1, 0.15) is 23.6 Å². The highest BCUT2D eigenvalue weighted by atomic mass is 16.8.